The van der Waals surface area contributed by atoms with Gasteiger partial charge in [-0.1, -0.05) is 11.6 Å². The normalized spacial score (nSPS) is 10.6. The standard InChI is InChI=1S/C18H16ClN5O5/c1-11-5-13(9-28-2)15(7-20)18(22-11)29-10-17(25)23-21-8-12-6-14(24(26)27)3-4-16(12)19/h3-6,8H,9-10H2,1-2H3,(H,23,25)/p+1. The Bertz CT molecular complexity index is 1000. The topological polar surface area (TPSA) is 141 Å². The molecule has 0 spiro atoms. The number of nitrogens with zero attached hydrogens (tertiary/aromatic N) is 3. The number of nitriles is 1. The summed E-state index contributed by atoms with van der Waals surface area (Å²) in [5, 5.41) is 24.1. The second-order valence-corrected chi connectivity index (χ2v) is 6.18. The molecule has 0 saturated heterocycles. The minimum Gasteiger partial charge on any atom is -0.433 e. The summed E-state index contributed by atoms with van der Waals surface area (Å²) >= 11 is 5.95. The van der Waals surface area contributed by atoms with Gasteiger partial charge in [0, 0.05) is 48.4 Å². The van der Waals surface area contributed by atoms with Crippen LogP contribution in [0.1, 0.15) is 22.4 Å². The van der Waals surface area contributed by atoms with Gasteiger partial charge in [-0.25, -0.2) is 5.43 Å². The van der Waals surface area contributed by atoms with Crippen LogP contribution in [0.2, 0.25) is 5.02 Å². The molecule has 1 amide bonds. The number of carbonyl (C=O) groups is 1. The number of pyridine rings is 1. The molecule has 2 rings (SSSR count). The van der Waals surface area contributed by atoms with E-state index in [1.807, 2.05) is 6.07 Å². The Balaban J connectivity index is 2.03. The molecule has 2 N–H and O–H groups in total. The zero-order chi connectivity index (χ0) is 21.4. The summed E-state index contributed by atoms with van der Waals surface area (Å²) in [5.74, 6) is -0.463. The van der Waals surface area contributed by atoms with E-state index in [2.05, 4.69) is 15.5 Å². The van der Waals surface area contributed by atoms with E-state index >= 15 is 0 Å². The molecule has 10 nitrogen and oxygen atoms in total. The van der Waals surface area contributed by atoms with Gasteiger partial charge in [0.1, 0.15) is 6.07 Å². The average Bonchev–Trinajstić information content (AvgIpc) is 2.67. The molecule has 0 radical (unpaired) electrons. The molecule has 1 aromatic carbocycles. The van der Waals surface area contributed by atoms with Crippen LogP contribution in [0.25, 0.3) is 0 Å². The number of H-pyrrole nitrogens is 1. The van der Waals surface area contributed by atoms with Crippen LogP contribution in [0.15, 0.2) is 29.4 Å². The Hall–Kier alpha value is -3.55. The number of nitro groups is 1. The lowest BCUT2D eigenvalue weighted by atomic mass is 10.1. The summed E-state index contributed by atoms with van der Waals surface area (Å²) in [6.45, 7) is 1.58. The number of aryl methyl sites for hydroxylation is 1. The number of hydrogen-bond donors (Lipinski definition) is 1. The molecule has 0 aliphatic rings. The van der Waals surface area contributed by atoms with Gasteiger partial charge >= 0.3 is 5.88 Å². The molecule has 150 valence electrons. The van der Waals surface area contributed by atoms with E-state index in [0.717, 1.165) is 5.69 Å². The number of hydrogen-bond acceptors (Lipinski definition) is 7. The lowest BCUT2D eigenvalue weighted by molar-refractivity contribution is -0.403. The Morgan fingerprint density at radius 3 is 2.90 bits per heavy atom. The highest BCUT2D eigenvalue weighted by atomic mass is 35.5. The van der Waals surface area contributed by atoms with Crippen molar-refractivity contribution in [1.82, 2.24) is 5.43 Å². The molecule has 29 heavy (non-hydrogen) atoms. The minimum atomic E-state index is -0.602. The number of nitro benzene ring substituents is 1. The number of aromatic nitrogens is 1. The summed E-state index contributed by atoms with van der Waals surface area (Å²) in [6, 6.07) is 7.62. The maximum absolute atomic E-state index is 11.9. The van der Waals surface area contributed by atoms with Crippen molar-refractivity contribution in [3.05, 3.63) is 61.8 Å². The second-order valence-electron chi connectivity index (χ2n) is 5.77. The van der Waals surface area contributed by atoms with Gasteiger partial charge < -0.3 is 9.47 Å². The molecular weight excluding hydrogens is 402 g/mol. The highest BCUT2D eigenvalue weighted by Crippen LogP contribution is 2.20. The summed E-state index contributed by atoms with van der Waals surface area (Å²) in [5.41, 5.74) is 3.92. The molecule has 0 atom stereocenters. The number of aromatic amines is 1. The van der Waals surface area contributed by atoms with Crippen LogP contribution in [0.4, 0.5) is 5.69 Å². The van der Waals surface area contributed by atoms with Crippen LogP contribution in [0.3, 0.4) is 0 Å². The highest BCUT2D eigenvalue weighted by molar-refractivity contribution is 6.33. The van der Waals surface area contributed by atoms with Gasteiger partial charge in [0.05, 0.1) is 17.7 Å². The van der Waals surface area contributed by atoms with E-state index in [9.17, 15) is 20.2 Å². The van der Waals surface area contributed by atoms with Crippen molar-refractivity contribution < 1.29 is 24.2 Å². The molecule has 0 saturated carbocycles. The fourth-order valence-electron chi connectivity index (χ4n) is 2.34. The maximum atomic E-state index is 11.9. The van der Waals surface area contributed by atoms with Crippen LogP contribution < -0.4 is 15.1 Å². The third kappa shape index (κ3) is 5.97. The van der Waals surface area contributed by atoms with Gasteiger partial charge in [0.25, 0.3) is 11.6 Å². The van der Waals surface area contributed by atoms with Crippen molar-refractivity contribution in [3.63, 3.8) is 0 Å². The van der Waals surface area contributed by atoms with Crippen molar-refractivity contribution >= 4 is 29.4 Å². The smallest absolute Gasteiger partial charge is 0.385 e. The van der Waals surface area contributed by atoms with Gasteiger partial charge in [0.2, 0.25) is 0 Å². The molecule has 1 heterocycles. The first-order valence-electron chi connectivity index (χ1n) is 8.19. The molecule has 2 aromatic rings. The van der Waals surface area contributed by atoms with Gasteiger partial charge in [0.15, 0.2) is 17.9 Å². The maximum Gasteiger partial charge on any atom is 0.385 e. The molecular formula is C18H17ClN5O5+. The molecule has 0 aliphatic heterocycles. The first-order chi connectivity index (χ1) is 13.8. The number of non-ortho nitro benzene ring substituents is 1. The number of benzene rings is 1. The lowest BCUT2D eigenvalue weighted by Crippen LogP contribution is -2.27. The number of halogens is 1. The van der Waals surface area contributed by atoms with Gasteiger partial charge in [-0.15, -0.1) is 0 Å². The predicted octanol–water partition coefficient (Wildman–Crippen LogP) is 1.92. The third-order valence-corrected chi connectivity index (χ3v) is 3.94. The molecule has 0 bridgehead atoms. The largest absolute Gasteiger partial charge is 0.433 e. The van der Waals surface area contributed by atoms with Crippen LogP contribution >= 0.6 is 11.6 Å². The summed E-state index contributed by atoms with van der Waals surface area (Å²) in [4.78, 5) is 25.1. The van der Waals surface area contributed by atoms with E-state index in [1.54, 1.807) is 13.0 Å². The Morgan fingerprint density at radius 1 is 1.48 bits per heavy atom. The van der Waals surface area contributed by atoms with Crippen molar-refractivity contribution in [2.75, 3.05) is 13.7 Å². The second kappa shape index (κ2) is 10.1. The molecule has 0 fully saturated rings. The van der Waals surface area contributed by atoms with E-state index in [1.165, 1.54) is 31.5 Å². The number of carbonyl (C=O) groups excluding carboxylic acids is 1. The van der Waals surface area contributed by atoms with Crippen molar-refractivity contribution in [2.24, 2.45) is 5.10 Å². The van der Waals surface area contributed by atoms with Gasteiger partial charge in [-0.05, 0) is 6.07 Å². The van der Waals surface area contributed by atoms with Crippen molar-refractivity contribution in [3.8, 4) is 11.9 Å². The third-order valence-electron chi connectivity index (χ3n) is 3.59. The Labute approximate surface area is 170 Å². The zero-order valence-corrected chi connectivity index (χ0v) is 16.3. The van der Waals surface area contributed by atoms with E-state index < -0.39 is 17.4 Å². The van der Waals surface area contributed by atoms with E-state index in [-0.39, 0.29) is 34.3 Å². The fourth-order valence-corrected chi connectivity index (χ4v) is 2.51. The lowest BCUT2D eigenvalue weighted by Gasteiger charge is -2.06. The van der Waals surface area contributed by atoms with Gasteiger partial charge in [-0.2, -0.15) is 15.3 Å². The number of nitrogens with one attached hydrogen (secondary N) is 2. The van der Waals surface area contributed by atoms with Crippen molar-refractivity contribution in [2.45, 2.75) is 13.5 Å². The number of hydrazone groups is 1. The molecule has 1 aromatic heterocycles. The monoisotopic (exact) mass is 418 g/mol. The van der Waals surface area contributed by atoms with Crippen LogP contribution in [0.5, 0.6) is 5.88 Å². The molecule has 0 unspecified atom stereocenters. The van der Waals surface area contributed by atoms with E-state index in [0.29, 0.717) is 5.56 Å². The Kier molecular flexibility index (Phi) is 7.59. The quantitative estimate of drug-likeness (QED) is 0.394. The number of rotatable bonds is 8. The van der Waals surface area contributed by atoms with Gasteiger partial charge in [-0.3, -0.25) is 14.9 Å². The number of ether oxygens (including phenoxy) is 2. The molecule has 11 heteroatoms. The summed E-state index contributed by atoms with van der Waals surface area (Å²) in [6.07, 6.45) is 1.18. The van der Waals surface area contributed by atoms with Crippen LogP contribution in [-0.4, -0.2) is 30.8 Å². The van der Waals surface area contributed by atoms with E-state index in [4.69, 9.17) is 21.1 Å². The SMILES string of the molecule is COCc1cc(C)[nH+]c(OCC(=O)NN=Cc2cc([N+](=O)[O-])ccc2Cl)c1C#N. The van der Waals surface area contributed by atoms with Crippen LogP contribution in [0, 0.1) is 28.4 Å². The summed E-state index contributed by atoms with van der Waals surface area (Å²) in [7, 11) is 1.51. The Morgan fingerprint density at radius 2 is 2.24 bits per heavy atom. The average molecular weight is 419 g/mol. The zero-order valence-electron chi connectivity index (χ0n) is 15.6. The first-order valence-corrected chi connectivity index (χ1v) is 8.57. The minimum absolute atomic E-state index is 0.139. The highest BCUT2D eigenvalue weighted by Gasteiger charge is 2.19. The number of methoxy groups -OCH3 is 1. The van der Waals surface area contributed by atoms with Crippen molar-refractivity contribution in [1.29, 1.82) is 5.26 Å². The summed E-state index contributed by atoms with van der Waals surface area (Å²) < 4.78 is 10.5. The number of amides is 1. The molecule has 0 aliphatic carbocycles. The fraction of sp³-hybridized carbons (Fsp3) is 0.222. The van der Waals surface area contributed by atoms with Crippen LogP contribution in [-0.2, 0) is 16.1 Å². The predicted molar refractivity (Wildman–Crippen MR) is 103 cm³/mol. The first kappa shape index (κ1) is 21.7.